The fraction of sp³-hybridized carbons (Fsp3) is 0.300. The van der Waals surface area contributed by atoms with Crippen LogP contribution < -0.4 is 5.32 Å². The molecule has 0 unspecified atom stereocenters. The van der Waals surface area contributed by atoms with Crippen LogP contribution in [0.4, 0.5) is 0 Å². The van der Waals surface area contributed by atoms with Gasteiger partial charge in [0.15, 0.2) is 0 Å². The first kappa shape index (κ1) is 12.6. The molecule has 0 aromatic carbocycles. The van der Waals surface area contributed by atoms with Crippen LogP contribution >= 0.6 is 15.9 Å². The van der Waals surface area contributed by atoms with Crippen molar-refractivity contribution in [3.8, 4) is 0 Å². The summed E-state index contributed by atoms with van der Waals surface area (Å²) >= 11 is 3.14. The van der Waals surface area contributed by atoms with Crippen molar-refractivity contribution in [1.29, 1.82) is 0 Å². The van der Waals surface area contributed by atoms with Crippen molar-refractivity contribution in [3.63, 3.8) is 0 Å². The van der Waals surface area contributed by atoms with E-state index < -0.39 is 17.9 Å². The molecular weight excluding hydrogens is 276 g/mol. The van der Waals surface area contributed by atoms with Gasteiger partial charge in [0, 0.05) is 11.8 Å². The third-order valence-corrected chi connectivity index (χ3v) is 2.43. The van der Waals surface area contributed by atoms with Crippen LogP contribution in [0.2, 0.25) is 0 Å². The van der Waals surface area contributed by atoms with Crippen LogP contribution in [-0.2, 0) is 4.79 Å². The molecule has 5 nitrogen and oxygen atoms in total. The molecule has 6 heteroatoms. The third kappa shape index (κ3) is 3.30. The average Bonchev–Trinajstić information content (AvgIpc) is 2.25. The van der Waals surface area contributed by atoms with Crippen molar-refractivity contribution >= 4 is 27.8 Å². The number of halogens is 1. The molecule has 86 valence electrons. The summed E-state index contributed by atoms with van der Waals surface area (Å²) in [6.45, 7) is 1.70. The predicted molar refractivity (Wildman–Crippen MR) is 61.1 cm³/mol. The maximum absolute atomic E-state index is 11.6. The number of pyridine rings is 1. The molecule has 2 N–H and O–H groups in total. The zero-order chi connectivity index (χ0) is 12.1. The molecule has 0 saturated carbocycles. The smallest absolute Gasteiger partial charge is 0.326 e. The summed E-state index contributed by atoms with van der Waals surface area (Å²) in [5.41, 5.74) is 0.376. The molecule has 0 bridgehead atoms. The molecule has 1 aromatic heterocycles. The Kier molecular flexibility index (Phi) is 4.42. The lowest BCUT2D eigenvalue weighted by atomic mass is 10.2. The highest BCUT2D eigenvalue weighted by molar-refractivity contribution is 9.10. The van der Waals surface area contributed by atoms with E-state index >= 15 is 0 Å². The number of aliphatic carboxylic acids is 1. The van der Waals surface area contributed by atoms with E-state index in [0.29, 0.717) is 16.6 Å². The Bertz CT molecular complexity index is 409. The zero-order valence-corrected chi connectivity index (χ0v) is 10.2. The summed E-state index contributed by atoms with van der Waals surface area (Å²) in [4.78, 5) is 26.3. The van der Waals surface area contributed by atoms with Crippen molar-refractivity contribution in [3.05, 3.63) is 28.5 Å². The Morgan fingerprint density at radius 3 is 2.81 bits per heavy atom. The third-order valence-electron chi connectivity index (χ3n) is 2.00. The fourth-order valence-electron chi connectivity index (χ4n) is 1.12. The molecule has 0 fully saturated rings. The molecule has 0 aliphatic carbocycles. The number of nitrogens with one attached hydrogen (secondary N) is 1. The van der Waals surface area contributed by atoms with Gasteiger partial charge in [-0.2, -0.15) is 0 Å². The van der Waals surface area contributed by atoms with E-state index in [9.17, 15) is 9.59 Å². The van der Waals surface area contributed by atoms with Crippen LogP contribution in [0, 0.1) is 0 Å². The normalized spacial score (nSPS) is 11.9. The lowest BCUT2D eigenvalue weighted by Crippen LogP contribution is -2.40. The van der Waals surface area contributed by atoms with Crippen molar-refractivity contribution < 1.29 is 14.7 Å². The predicted octanol–water partition coefficient (Wildman–Crippen LogP) is 1.44. The Hall–Kier alpha value is -1.43. The van der Waals surface area contributed by atoms with E-state index in [2.05, 4.69) is 26.2 Å². The molecule has 0 aliphatic rings. The number of amides is 1. The summed E-state index contributed by atoms with van der Waals surface area (Å²) in [6, 6.07) is 2.19. The minimum absolute atomic E-state index is 0.341. The van der Waals surface area contributed by atoms with Crippen molar-refractivity contribution in [1.82, 2.24) is 10.3 Å². The standard InChI is InChI=1S/C10H11BrN2O3/c1-2-7(10(15)16)13-9(14)6-3-4-12-8(11)5-6/h3-5,7H,2H2,1H3,(H,13,14)(H,15,16)/t7-/m1/s1. The van der Waals surface area contributed by atoms with E-state index in [1.54, 1.807) is 6.92 Å². The molecule has 0 spiro atoms. The van der Waals surface area contributed by atoms with Crippen LogP contribution in [0.3, 0.4) is 0 Å². The summed E-state index contributed by atoms with van der Waals surface area (Å²) in [5.74, 6) is -1.46. The fourth-order valence-corrected chi connectivity index (χ4v) is 1.49. The molecule has 1 amide bonds. The van der Waals surface area contributed by atoms with Crippen LogP contribution in [0.5, 0.6) is 0 Å². The van der Waals surface area contributed by atoms with E-state index in [1.165, 1.54) is 18.3 Å². The summed E-state index contributed by atoms with van der Waals surface area (Å²) in [7, 11) is 0. The monoisotopic (exact) mass is 286 g/mol. The lowest BCUT2D eigenvalue weighted by molar-refractivity contribution is -0.139. The lowest BCUT2D eigenvalue weighted by Gasteiger charge is -2.11. The van der Waals surface area contributed by atoms with Gasteiger partial charge in [0.2, 0.25) is 0 Å². The Morgan fingerprint density at radius 2 is 2.31 bits per heavy atom. The van der Waals surface area contributed by atoms with Gasteiger partial charge < -0.3 is 10.4 Å². The van der Waals surface area contributed by atoms with E-state index in [1.807, 2.05) is 0 Å². The van der Waals surface area contributed by atoms with Crippen LogP contribution in [0.15, 0.2) is 22.9 Å². The average molecular weight is 287 g/mol. The highest BCUT2D eigenvalue weighted by Crippen LogP contribution is 2.08. The topological polar surface area (TPSA) is 79.3 Å². The van der Waals surface area contributed by atoms with E-state index in [4.69, 9.17) is 5.11 Å². The van der Waals surface area contributed by atoms with E-state index in [0.717, 1.165) is 0 Å². The van der Waals surface area contributed by atoms with Gasteiger partial charge in [0.05, 0.1) is 0 Å². The van der Waals surface area contributed by atoms with Crippen molar-refractivity contribution in [2.24, 2.45) is 0 Å². The number of aromatic nitrogens is 1. The summed E-state index contributed by atoms with van der Waals surface area (Å²) < 4.78 is 0.531. The van der Waals surface area contributed by atoms with Crippen molar-refractivity contribution in [2.75, 3.05) is 0 Å². The molecule has 1 atom stereocenters. The number of nitrogens with zero attached hydrogens (tertiary/aromatic N) is 1. The molecule has 16 heavy (non-hydrogen) atoms. The van der Waals surface area contributed by atoms with Gasteiger partial charge >= 0.3 is 5.97 Å². The second-order valence-electron chi connectivity index (χ2n) is 3.14. The maximum Gasteiger partial charge on any atom is 0.326 e. The highest BCUT2D eigenvalue weighted by atomic mass is 79.9. The summed E-state index contributed by atoms with van der Waals surface area (Å²) in [5, 5.41) is 11.2. The zero-order valence-electron chi connectivity index (χ0n) is 8.61. The Morgan fingerprint density at radius 1 is 1.62 bits per heavy atom. The largest absolute Gasteiger partial charge is 0.480 e. The number of hydrogen-bond acceptors (Lipinski definition) is 3. The Labute approximate surface area is 101 Å². The Balaban J connectivity index is 2.75. The first-order chi connectivity index (χ1) is 7.54. The molecule has 0 aliphatic heterocycles. The highest BCUT2D eigenvalue weighted by Gasteiger charge is 2.18. The van der Waals surface area contributed by atoms with Gasteiger partial charge in [-0.15, -0.1) is 0 Å². The van der Waals surface area contributed by atoms with Crippen LogP contribution in [0.25, 0.3) is 0 Å². The molecular formula is C10H11BrN2O3. The van der Waals surface area contributed by atoms with Gasteiger partial charge in [-0.25, -0.2) is 9.78 Å². The number of carboxylic acid groups (broad SMARTS) is 1. The molecule has 1 aromatic rings. The number of rotatable bonds is 4. The van der Waals surface area contributed by atoms with Gasteiger partial charge in [-0.3, -0.25) is 4.79 Å². The number of carbonyl (C=O) groups is 2. The second-order valence-corrected chi connectivity index (χ2v) is 3.95. The molecule has 1 rings (SSSR count). The second kappa shape index (κ2) is 5.60. The first-order valence-electron chi connectivity index (χ1n) is 4.69. The van der Waals surface area contributed by atoms with Crippen LogP contribution in [0.1, 0.15) is 23.7 Å². The van der Waals surface area contributed by atoms with Crippen molar-refractivity contribution in [2.45, 2.75) is 19.4 Å². The van der Waals surface area contributed by atoms with Gasteiger partial charge in [0.25, 0.3) is 5.91 Å². The van der Waals surface area contributed by atoms with Gasteiger partial charge in [-0.1, -0.05) is 6.92 Å². The quantitative estimate of drug-likeness (QED) is 0.821. The number of hydrogen-bond donors (Lipinski definition) is 2. The van der Waals surface area contributed by atoms with Crippen LogP contribution in [-0.4, -0.2) is 28.0 Å². The minimum Gasteiger partial charge on any atom is -0.480 e. The first-order valence-corrected chi connectivity index (χ1v) is 5.49. The molecule has 1 heterocycles. The maximum atomic E-state index is 11.6. The number of carbonyl (C=O) groups excluding carboxylic acids is 1. The number of carboxylic acids is 1. The molecule has 0 saturated heterocycles. The summed E-state index contributed by atoms with van der Waals surface area (Å²) in [6.07, 6.45) is 1.81. The SMILES string of the molecule is CC[C@@H](NC(=O)c1ccnc(Br)c1)C(=O)O. The van der Waals surface area contributed by atoms with E-state index in [-0.39, 0.29) is 0 Å². The van der Waals surface area contributed by atoms with Gasteiger partial charge in [0.1, 0.15) is 10.6 Å². The molecule has 0 radical (unpaired) electrons. The minimum atomic E-state index is -1.04. The van der Waals surface area contributed by atoms with Gasteiger partial charge in [-0.05, 0) is 34.5 Å².